The van der Waals surface area contributed by atoms with Gasteiger partial charge in [0.05, 0.1) is 0 Å². The lowest BCUT2D eigenvalue weighted by atomic mass is 10.0. The van der Waals surface area contributed by atoms with E-state index in [0.29, 0.717) is 0 Å². The molecule has 0 heterocycles. The molecule has 0 radical (unpaired) electrons. The molecule has 16 heavy (non-hydrogen) atoms. The number of nitrogens with zero attached hydrogens (tertiary/aromatic N) is 1. The summed E-state index contributed by atoms with van der Waals surface area (Å²) in [6.07, 6.45) is 3.60. The Bertz CT molecular complexity index is 441. The van der Waals surface area contributed by atoms with Gasteiger partial charge >= 0.3 is 6.18 Å². The molecule has 0 bridgehead atoms. The minimum absolute atomic E-state index is 0.0465. The normalized spacial score (nSPS) is 14.5. The number of ketones is 1. The van der Waals surface area contributed by atoms with Gasteiger partial charge in [-0.25, -0.2) is 0 Å². The summed E-state index contributed by atoms with van der Waals surface area (Å²) in [6, 6.07) is 1.29. The van der Waals surface area contributed by atoms with E-state index in [0.717, 1.165) is 0 Å². The maximum atomic E-state index is 12.1. The molecule has 0 atom stereocenters. The van der Waals surface area contributed by atoms with Gasteiger partial charge in [-0.05, 0) is 5.57 Å². The summed E-state index contributed by atoms with van der Waals surface area (Å²) in [5.41, 5.74) is -0.946. The van der Waals surface area contributed by atoms with E-state index in [1.54, 1.807) is 12.2 Å². The van der Waals surface area contributed by atoms with E-state index in [9.17, 15) is 18.0 Å². The molecule has 0 unspecified atom stereocenters. The SMILES string of the molecule is N#CC(C(=O)C(F)(F)F)=C1C=CC=CC=C1. The van der Waals surface area contributed by atoms with Crippen molar-refractivity contribution < 1.29 is 18.0 Å². The average Bonchev–Trinajstić information content (AvgIpc) is 2.46. The highest BCUT2D eigenvalue weighted by molar-refractivity contribution is 6.04. The Morgan fingerprint density at radius 3 is 2.00 bits per heavy atom. The fourth-order valence-corrected chi connectivity index (χ4v) is 1.06. The summed E-state index contributed by atoms with van der Waals surface area (Å²) in [5, 5.41) is 8.59. The molecule has 1 aliphatic rings. The molecule has 1 aliphatic carbocycles. The first-order valence-electron chi connectivity index (χ1n) is 4.24. The summed E-state index contributed by atoms with van der Waals surface area (Å²) < 4.78 is 36.4. The van der Waals surface area contributed by atoms with E-state index < -0.39 is 17.5 Å². The number of hydrogen-bond donors (Lipinski definition) is 0. The Kier molecular flexibility index (Phi) is 3.46. The molecule has 0 fully saturated rings. The number of alkyl halides is 3. The van der Waals surface area contributed by atoms with Gasteiger partial charge < -0.3 is 0 Å². The minimum Gasteiger partial charge on any atom is -0.283 e. The van der Waals surface area contributed by atoms with Crippen molar-refractivity contribution in [2.45, 2.75) is 6.18 Å². The van der Waals surface area contributed by atoms with Crippen LogP contribution in [0.15, 0.2) is 47.6 Å². The van der Waals surface area contributed by atoms with Crippen LogP contribution in [0.4, 0.5) is 13.2 Å². The second-order valence-corrected chi connectivity index (χ2v) is 2.87. The van der Waals surface area contributed by atoms with Crippen molar-refractivity contribution in [1.82, 2.24) is 0 Å². The minimum atomic E-state index is -5.03. The second kappa shape index (κ2) is 4.62. The average molecular weight is 225 g/mol. The second-order valence-electron chi connectivity index (χ2n) is 2.87. The molecule has 0 aliphatic heterocycles. The van der Waals surface area contributed by atoms with Crippen LogP contribution in [0.25, 0.3) is 0 Å². The quantitative estimate of drug-likeness (QED) is 0.508. The van der Waals surface area contributed by atoms with Crippen molar-refractivity contribution >= 4 is 5.78 Å². The van der Waals surface area contributed by atoms with E-state index >= 15 is 0 Å². The third-order valence-electron chi connectivity index (χ3n) is 1.77. The maximum absolute atomic E-state index is 12.1. The maximum Gasteiger partial charge on any atom is 0.455 e. The van der Waals surface area contributed by atoms with Crippen LogP contribution in [0.2, 0.25) is 0 Å². The van der Waals surface area contributed by atoms with Gasteiger partial charge in [0.15, 0.2) is 0 Å². The predicted molar refractivity (Wildman–Crippen MR) is 51.1 cm³/mol. The highest BCUT2D eigenvalue weighted by Crippen LogP contribution is 2.23. The molecule has 0 amide bonds. The van der Waals surface area contributed by atoms with Crippen molar-refractivity contribution in [3.63, 3.8) is 0 Å². The van der Waals surface area contributed by atoms with Crippen LogP contribution in [-0.4, -0.2) is 12.0 Å². The largest absolute Gasteiger partial charge is 0.455 e. The Morgan fingerprint density at radius 1 is 1.12 bits per heavy atom. The van der Waals surface area contributed by atoms with Crippen LogP contribution in [0.1, 0.15) is 0 Å². The number of halogens is 3. The molecule has 0 aromatic heterocycles. The number of nitriles is 1. The monoisotopic (exact) mass is 225 g/mol. The third kappa shape index (κ3) is 2.70. The van der Waals surface area contributed by atoms with Crippen molar-refractivity contribution in [3.8, 4) is 6.07 Å². The van der Waals surface area contributed by atoms with Gasteiger partial charge in [0.25, 0.3) is 5.78 Å². The number of Topliss-reactive ketones (excluding diaryl/α,β-unsaturated/α-hetero) is 1. The number of allylic oxidation sites excluding steroid dienone is 8. The van der Waals surface area contributed by atoms with E-state index in [2.05, 4.69) is 0 Å². The van der Waals surface area contributed by atoms with Crippen LogP contribution in [0.5, 0.6) is 0 Å². The molecular formula is C11H6F3NO. The molecule has 0 aromatic rings. The zero-order chi connectivity index (χ0) is 12.2. The van der Waals surface area contributed by atoms with Crippen molar-refractivity contribution in [3.05, 3.63) is 47.6 Å². The van der Waals surface area contributed by atoms with Gasteiger partial charge in [-0.2, -0.15) is 18.4 Å². The molecule has 0 aromatic carbocycles. The zero-order valence-corrected chi connectivity index (χ0v) is 7.95. The topological polar surface area (TPSA) is 40.9 Å². The van der Waals surface area contributed by atoms with Gasteiger partial charge in [0, 0.05) is 0 Å². The molecule has 82 valence electrons. The number of hydrogen-bond acceptors (Lipinski definition) is 2. The molecule has 0 spiro atoms. The van der Waals surface area contributed by atoms with Gasteiger partial charge in [-0.1, -0.05) is 36.5 Å². The van der Waals surface area contributed by atoms with Crippen LogP contribution < -0.4 is 0 Å². The van der Waals surface area contributed by atoms with Crippen LogP contribution in [-0.2, 0) is 4.79 Å². The summed E-state index contributed by atoms with van der Waals surface area (Å²) in [7, 11) is 0. The lowest BCUT2D eigenvalue weighted by Crippen LogP contribution is -2.24. The molecule has 5 heteroatoms. The van der Waals surface area contributed by atoms with E-state index in [1.165, 1.54) is 30.4 Å². The lowest BCUT2D eigenvalue weighted by molar-refractivity contribution is -0.166. The standard InChI is InChI=1S/C11H6F3NO/c12-11(13,14)10(16)9(7-15)8-5-3-1-2-4-6-8/h1-6H. The van der Waals surface area contributed by atoms with Crippen molar-refractivity contribution in [1.29, 1.82) is 5.26 Å². The first kappa shape index (κ1) is 12.0. The fraction of sp³-hybridized carbons (Fsp3) is 0.0909. The fourth-order valence-electron chi connectivity index (χ4n) is 1.06. The summed E-state index contributed by atoms with van der Waals surface area (Å²) in [4.78, 5) is 10.9. The van der Waals surface area contributed by atoms with Gasteiger partial charge in [0.2, 0.25) is 0 Å². The molecule has 0 saturated heterocycles. The highest BCUT2D eigenvalue weighted by Gasteiger charge is 2.41. The number of rotatable bonds is 1. The highest BCUT2D eigenvalue weighted by atomic mass is 19.4. The summed E-state index contributed by atoms with van der Waals surface area (Å²) >= 11 is 0. The first-order valence-corrected chi connectivity index (χ1v) is 4.24. The first-order chi connectivity index (χ1) is 7.46. The summed E-state index contributed by atoms with van der Waals surface area (Å²) in [5.74, 6) is -2.12. The number of carbonyl (C=O) groups excluding carboxylic acids is 1. The predicted octanol–water partition coefficient (Wildman–Crippen LogP) is 2.62. The third-order valence-corrected chi connectivity index (χ3v) is 1.77. The van der Waals surface area contributed by atoms with Crippen molar-refractivity contribution in [2.24, 2.45) is 0 Å². The molecular weight excluding hydrogens is 219 g/mol. The van der Waals surface area contributed by atoms with Crippen LogP contribution in [0, 0.1) is 11.3 Å². The molecule has 0 N–H and O–H groups in total. The van der Waals surface area contributed by atoms with Gasteiger partial charge in [-0.15, -0.1) is 0 Å². The van der Waals surface area contributed by atoms with Crippen LogP contribution >= 0.6 is 0 Å². The van der Waals surface area contributed by atoms with Gasteiger partial charge in [-0.3, -0.25) is 4.79 Å². The van der Waals surface area contributed by atoms with E-state index in [1.807, 2.05) is 0 Å². The number of carbonyl (C=O) groups is 1. The molecule has 0 saturated carbocycles. The van der Waals surface area contributed by atoms with E-state index in [-0.39, 0.29) is 5.57 Å². The lowest BCUT2D eigenvalue weighted by Gasteiger charge is -2.04. The molecule has 1 rings (SSSR count). The Hall–Kier alpha value is -2.09. The molecule has 2 nitrogen and oxygen atoms in total. The van der Waals surface area contributed by atoms with Gasteiger partial charge in [0.1, 0.15) is 11.6 Å². The Labute approximate surface area is 89.7 Å². The Morgan fingerprint density at radius 2 is 1.62 bits per heavy atom. The zero-order valence-electron chi connectivity index (χ0n) is 7.95. The summed E-state index contributed by atoms with van der Waals surface area (Å²) in [6.45, 7) is 0. The van der Waals surface area contributed by atoms with Crippen LogP contribution in [0.3, 0.4) is 0 Å². The van der Waals surface area contributed by atoms with Crippen molar-refractivity contribution in [2.75, 3.05) is 0 Å². The smallest absolute Gasteiger partial charge is 0.283 e. The Balaban J connectivity index is 3.22. The van der Waals surface area contributed by atoms with E-state index in [4.69, 9.17) is 5.26 Å².